The van der Waals surface area contributed by atoms with Crippen molar-refractivity contribution < 1.29 is 64.2 Å². The minimum atomic E-state index is -1.76. The summed E-state index contributed by atoms with van der Waals surface area (Å²) in [5, 5.41) is 81.4. The number of aromatic hydroxyl groups is 2. The second kappa shape index (κ2) is 11.5. The molecule has 2 fully saturated rings. The highest BCUT2D eigenvalue weighted by Crippen LogP contribution is 2.35. The van der Waals surface area contributed by atoms with E-state index in [9.17, 15) is 45.6 Å². The molecule has 2 aromatic carbocycles. The Labute approximate surface area is 231 Å². The van der Waals surface area contributed by atoms with Crippen molar-refractivity contribution in [3.05, 3.63) is 52.7 Å². The van der Waals surface area contributed by atoms with Crippen molar-refractivity contribution in [1.29, 1.82) is 0 Å². The van der Waals surface area contributed by atoms with E-state index in [1.54, 1.807) is 0 Å². The number of hydrogen-bond acceptors (Lipinski definition) is 14. The Bertz CT molecular complexity index is 1420. The normalized spacial score (nSPS) is 34.0. The smallest absolute Gasteiger partial charge is 0.229 e. The molecular weight excluding hydrogens is 548 g/mol. The standard InChI is InChI=1S/C27H30O14/c1-10-20(32)22(34)24(36)26(37-10)41-25-23(35)21(33)18(9-28)40-27(25)38-13-6-14(30)19-15(31)8-16(39-17(19)7-13)11-2-4-12(29)5-3-11/h2-8,10,18,20-30,32-36H,9H2,1H3/t10-,18-,20-,21-,22+,23+,24+,25-,26-,27-/m1/s1. The summed E-state index contributed by atoms with van der Waals surface area (Å²) < 4.78 is 28.4. The number of aliphatic hydroxyl groups is 6. The molecule has 2 aliphatic rings. The number of aliphatic hydroxyl groups excluding tert-OH is 6. The fourth-order valence-electron chi connectivity index (χ4n) is 4.79. The first-order valence-corrected chi connectivity index (χ1v) is 12.7. The van der Waals surface area contributed by atoms with Gasteiger partial charge in [-0.3, -0.25) is 4.79 Å². The predicted molar refractivity (Wildman–Crippen MR) is 137 cm³/mol. The van der Waals surface area contributed by atoms with Gasteiger partial charge < -0.3 is 64.2 Å². The maximum absolute atomic E-state index is 12.8. The fourth-order valence-corrected chi connectivity index (χ4v) is 4.79. The first kappa shape index (κ1) is 29.2. The lowest BCUT2D eigenvalue weighted by Gasteiger charge is -2.45. The summed E-state index contributed by atoms with van der Waals surface area (Å²) in [5.74, 6) is -0.498. The monoisotopic (exact) mass is 578 g/mol. The van der Waals surface area contributed by atoms with Gasteiger partial charge in [0.1, 0.15) is 70.6 Å². The molecule has 3 aromatic rings. The molecule has 0 aliphatic carbocycles. The van der Waals surface area contributed by atoms with Crippen LogP contribution in [0.25, 0.3) is 22.3 Å². The number of hydrogen-bond donors (Lipinski definition) is 8. The minimum Gasteiger partial charge on any atom is -0.508 e. The largest absolute Gasteiger partial charge is 0.508 e. The van der Waals surface area contributed by atoms with E-state index >= 15 is 0 Å². The van der Waals surface area contributed by atoms with Crippen LogP contribution in [0, 0.1) is 0 Å². The molecule has 0 unspecified atom stereocenters. The maximum Gasteiger partial charge on any atom is 0.229 e. The van der Waals surface area contributed by atoms with Gasteiger partial charge in [-0.2, -0.15) is 0 Å². The summed E-state index contributed by atoms with van der Waals surface area (Å²) in [6, 6.07) is 9.38. The average Bonchev–Trinajstić information content (AvgIpc) is 2.94. The molecule has 1 aromatic heterocycles. The van der Waals surface area contributed by atoms with E-state index in [0.29, 0.717) is 5.56 Å². The fraction of sp³-hybridized carbons (Fsp3) is 0.444. The predicted octanol–water partition coefficient (Wildman–Crippen LogP) is -1.10. The summed E-state index contributed by atoms with van der Waals surface area (Å²) in [4.78, 5) is 12.8. The Kier molecular flexibility index (Phi) is 8.20. The summed E-state index contributed by atoms with van der Waals surface area (Å²) in [6.07, 6.45) is -15.3. The summed E-state index contributed by atoms with van der Waals surface area (Å²) in [5.41, 5.74) is -0.182. The molecule has 14 heteroatoms. The number of phenols is 2. The third kappa shape index (κ3) is 5.61. The minimum absolute atomic E-state index is 0.00857. The van der Waals surface area contributed by atoms with Gasteiger partial charge in [-0.1, -0.05) is 0 Å². The Morgan fingerprint density at radius 3 is 2.22 bits per heavy atom. The quantitative estimate of drug-likeness (QED) is 0.174. The Hall–Kier alpha value is -3.31. The lowest BCUT2D eigenvalue weighted by atomic mass is 9.97. The molecule has 0 saturated carbocycles. The Morgan fingerprint density at radius 2 is 1.54 bits per heavy atom. The van der Waals surface area contributed by atoms with E-state index < -0.39 is 79.2 Å². The van der Waals surface area contributed by atoms with Gasteiger partial charge in [-0.15, -0.1) is 0 Å². The van der Waals surface area contributed by atoms with Crippen LogP contribution in [0.15, 0.2) is 51.7 Å². The molecule has 2 saturated heterocycles. The van der Waals surface area contributed by atoms with E-state index in [-0.39, 0.29) is 28.2 Å². The Morgan fingerprint density at radius 1 is 0.829 bits per heavy atom. The second-order valence-electron chi connectivity index (χ2n) is 9.94. The third-order valence-corrected chi connectivity index (χ3v) is 7.11. The topological polar surface area (TPSA) is 229 Å². The molecule has 5 rings (SSSR count). The zero-order valence-corrected chi connectivity index (χ0v) is 21.5. The third-order valence-electron chi connectivity index (χ3n) is 7.11. The van der Waals surface area contributed by atoms with Crippen LogP contribution in [-0.4, -0.2) is 109 Å². The molecular formula is C27H30O14. The molecule has 0 bridgehead atoms. The van der Waals surface area contributed by atoms with Crippen LogP contribution >= 0.6 is 0 Å². The van der Waals surface area contributed by atoms with Crippen LogP contribution in [0.1, 0.15) is 6.92 Å². The number of benzene rings is 2. The van der Waals surface area contributed by atoms with Crippen molar-refractivity contribution in [3.8, 4) is 28.6 Å². The molecule has 0 spiro atoms. The van der Waals surface area contributed by atoms with Crippen molar-refractivity contribution in [3.63, 3.8) is 0 Å². The highest BCUT2D eigenvalue weighted by molar-refractivity contribution is 5.86. The van der Waals surface area contributed by atoms with Gasteiger partial charge in [0.25, 0.3) is 0 Å². The SMILES string of the molecule is C[C@H]1O[C@H](O[C@H]2[C@H](Oc3cc(O)c4c(=O)cc(-c5ccc(O)cc5)oc4c3)O[C@H](CO)[C@@H](O)[C@@H]2O)[C@@H](O)[C@@H](O)[C@@H]1O. The van der Waals surface area contributed by atoms with Crippen LogP contribution in [0.4, 0.5) is 0 Å². The molecule has 222 valence electrons. The van der Waals surface area contributed by atoms with Crippen molar-refractivity contribution >= 4 is 11.0 Å². The maximum atomic E-state index is 12.8. The van der Waals surface area contributed by atoms with Gasteiger partial charge in [-0.25, -0.2) is 0 Å². The highest BCUT2D eigenvalue weighted by atomic mass is 16.8. The number of fused-ring (bicyclic) bond motifs is 1. The van der Waals surface area contributed by atoms with Crippen LogP contribution in [0.3, 0.4) is 0 Å². The number of phenolic OH excluding ortho intramolecular Hbond substituents is 2. The van der Waals surface area contributed by atoms with E-state index in [2.05, 4.69) is 0 Å². The molecule has 3 heterocycles. The second-order valence-corrected chi connectivity index (χ2v) is 9.94. The van der Waals surface area contributed by atoms with Gasteiger partial charge in [0.05, 0.1) is 12.7 Å². The van der Waals surface area contributed by atoms with E-state index in [0.717, 1.165) is 6.07 Å². The van der Waals surface area contributed by atoms with E-state index in [1.807, 2.05) is 0 Å². The summed E-state index contributed by atoms with van der Waals surface area (Å²) >= 11 is 0. The molecule has 41 heavy (non-hydrogen) atoms. The number of ether oxygens (including phenoxy) is 4. The summed E-state index contributed by atoms with van der Waals surface area (Å²) in [7, 11) is 0. The van der Waals surface area contributed by atoms with Crippen molar-refractivity contribution in [2.45, 2.75) is 68.3 Å². The van der Waals surface area contributed by atoms with Crippen molar-refractivity contribution in [1.82, 2.24) is 0 Å². The Balaban J connectivity index is 1.47. The molecule has 10 atom stereocenters. The lowest BCUT2D eigenvalue weighted by molar-refractivity contribution is -0.354. The van der Waals surface area contributed by atoms with Gasteiger partial charge in [0, 0.05) is 23.8 Å². The van der Waals surface area contributed by atoms with Crippen molar-refractivity contribution in [2.75, 3.05) is 6.61 Å². The van der Waals surface area contributed by atoms with Crippen LogP contribution in [-0.2, 0) is 14.2 Å². The van der Waals surface area contributed by atoms with Crippen LogP contribution < -0.4 is 10.2 Å². The first-order valence-electron chi connectivity index (χ1n) is 12.7. The first-order chi connectivity index (χ1) is 19.5. The average molecular weight is 579 g/mol. The molecule has 14 nitrogen and oxygen atoms in total. The van der Waals surface area contributed by atoms with E-state index in [1.165, 1.54) is 43.3 Å². The highest BCUT2D eigenvalue weighted by Gasteiger charge is 2.50. The van der Waals surface area contributed by atoms with Crippen molar-refractivity contribution in [2.24, 2.45) is 0 Å². The zero-order chi connectivity index (χ0) is 29.6. The van der Waals surface area contributed by atoms with E-state index in [4.69, 9.17) is 23.4 Å². The molecule has 8 N–H and O–H groups in total. The van der Waals surface area contributed by atoms with Crippen LogP contribution in [0.5, 0.6) is 17.2 Å². The number of rotatable bonds is 6. The molecule has 0 amide bonds. The van der Waals surface area contributed by atoms with Crippen LogP contribution in [0.2, 0.25) is 0 Å². The molecule has 0 radical (unpaired) electrons. The van der Waals surface area contributed by atoms with Gasteiger partial charge in [0.2, 0.25) is 6.29 Å². The van der Waals surface area contributed by atoms with Gasteiger partial charge >= 0.3 is 0 Å². The molecule has 2 aliphatic heterocycles. The lowest BCUT2D eigenvalue weighted by Crippen LogP contribution is -2.64. The van der Waals surface area contributed by atoms with Gasteiger partial charge in [-0.05, 0) is 31.2 Å². The zero-order valence-electron chi connectivity index (χ0n) is 21.5. The van der Waals surface area contributed by atoms with Gasteiger partial charge in [0.15, 0.2) is 17.8 Å². The summed E-state index contributed by atoms with van der Waals surface area (Å²) in [6.45, 7) is 0.704.